The summed E-state index contributed by atoms with van der Waals surface area (Å²) in [6.45, 7) is 25.4. The molecule has 0 atom stereocenters. The molecule has 0 unspecified atom stereocenters. The Morgan fingerprint density at radius 3 is 1.74 bits per heavy atom. The maximum atomic E-state index is 8.93. The number of ether oxygens (including phenoxy) is 1. The quantitative estimate of drug-likeness (QED) is 0.148. The number of aryl methyl sites for hydroxylation is 1. The number of para-hydroxylation sites is 5. The van der Waals surface area contributed by atoms with E-state index >= 15 is 0 Å². The van der Waals surface area contributed by atoms with Crippen LogP contribution in [-0.2, 0) is 28.6 Å². The average Bonchev–Trinajstić information content (AvgIpc) is 1.54. The predicted molar refractivity (Wildman–Crippen MR) is 372 cm³/mol. The molecule has 0 saturated carbocycles. The molecule has 3 aliphatic rings. The first-order chi connectivity index (χ1) is 42.8. The fraction of sp³-hybridized carbons (Fsp3) is 0.234. The lowest BCUT2D eigenvalue weighted by Gasteiger charge is -2.34. The van der Waals surface area contributed by atoms with Gasteiger partial charge in [-0.1, -0.05) is 179 Å². The molecule has 0 spiro atoms. The first kappa shape index (κ1) is 54.5. The molecule has 0 bridgehead atoms. The van der Waals surface area contributed by atoms with Gasteiger partial charge in [0.15, 0.2) is 14.6 Å². The van der Waals surface area contributed by atoms with E-state index in [1.807, 2.05) is 84.0 Å². The summed E-state index contributed by atoms with van der Waals surface area (Å²) in [5.41, 5.74) is 17.5. The fourth-order valence-corrected chi connectivity index (χ4v) is 12.1. The van der Waals surface area contributed by atoms with Crippen LogP contribution in [0.1, 0.15) is 121 Å². The molecule has 5 heterocycles. The highest BCUT2D eigenvalue weighted by Crippen LogP contribution is 2.52. The van der Waals surface area contributed by atoms with Gasteiger partial charge in [0.05, 0.1) is 39.1 Å². The lowest BCUT2D eigenvalue weighted by molar-refractivity contribution is 0.483. The molecule has 0 aliphatic carbocycles. The van der Waals surface area contributed by atoms with E-state index < -0.39 is 6.98 Å². The highest BCUT2D eigenvalue weighted by Gasteiger charge is 2.35. The van der Waals surface area contributed by atoms with Crippen molar-refractivity contribution in [2.24, 2.45) is 6.98 Å². The minimum atomic E-state index is -2.54. The van der Waals surface area contributed by atoms with Crippen molar-refractivity contribution >= 4 is 81.1 Å². The van der Waals surface area contributed by atoms with Gasteiger partial charge in [0.1, 0.15) is 18.2 Å². The van der Waals surface area contributed by atoms with Crippen LogP contribution >= 0.6 is 0 Å². The molecule has 0 amide bonds. The zero-order chi connectivity index (χ0) is 63.5. The minimum Gasteiger partial charge on any atom is -0.457 e. The maximum Gasteiger partial charge on any atom is 0.215 e. The fourth-order valence-electron chi connectivity index (χ4n) is 12.1. The Labute approximate surface area is 521 Å². The smallest absolute Gasteiger partial charge is 0.215 e. The second-order valence-corrected chi connectivity index (χ2v) is 27.1. The molecule has 2 radical (unpaired) electrons. The van der Waals surface area contributed by atoms with Gasteiger partial charge < -0.3 is 29.7 Å². The van der Waals surface area contributed by atoms with Crippen molar-refractivity contribution < 1.29 is 8.85 Å². The van der Waals surface area contributed by atoms with E-state index in [1.54, 1.807) is 0 Å². The summed E-state index contributed by atoms with van der Waals surface area (Å²) in [7, 11) is 4.37. The molecule has 3 aliphatic heterocycles. The molecule has 9 aromatic rings. The summed E-state index contributed by atoms with van der Waals surface area (Å²) in [5.74, 6) is 5.73. The summed E-state index contributed by atoms with van der Waals surface area (Å²) in [4.78, 5) is 10.0. The Morgan fingerprint density at radius 2 is 1.11 bits per heavy atom. The number of nitrogens with one attached hydrogen (secondary N) is 2. The summed E-state index contributed by atoms with van der Waals surface area (Å²) in [5, 5.41) is 8.49. The van der Waals surface area contributed by atoms with Crippen molar-refractivity contribution in [1.82, 2.24) is 24.8 Å². The van der Waals surface area contributed by atoms with Crippen LogP contribution in [0.25, 0.3) is 60.9 Å². The van der Waals surface area contributed by atoms with E-state index in [-0.39, 0.29) is 21.7 Å². The average molecular weight is 1140 g/mol. The zero-order valence-corrected chi connectivity index (χ0v) is 52.3. The Bertz CT molecular complexity index is 4430. The third-order valence-corrected chi connectivity index (χ3v) is 16.7. The monoisotopic (exact) mass is 1140 g/mol. The lowest BCUT2D eigenvalue weighted by atomic mass is 9.63. The number of imidazole rings is 1. The van der Waals surface area contributed by atoms with Crippen molar-refractivity contribution in [3.63, 3.8) is 0 Å². The van der Waals surface area contributed by atoms with Crippen LogP contribution in [0, 0.1) is 0 Å². The highest BCUT2D eigenvalue weighted by atomic mass is 16.5. The van der Waals surface area contributed by atoms with Gasteiger partial charge in [0.25, 0.3) is 0 Å². The number of benzene rings is 7. The second-order valence-electron chi connectivity index (χ2n) is 27.1. The third kappa shape index (κ3) is 11.6. The van der Waals surface area contributed by atoms with Gasteiger partial charge in [-0.15, -0.1) is 12.0 Å². The summed E-state index contributed by atoms with van der Waals surface area (Å²) < 4.78 is 37.6. The molecule has 8 nitrogen and oxygen atoms in total. The molecule has 7 aromatic carbocycles. The minimum absolute atomic E-state index is 0.110. The number of aromatic nitrogens is 3. The van der Waals surface area contributed by atoms with E-state index in [0.29, 0.717) is 35.1 Å². The van der Waals surface area contributed by atoms with Crippen molar-refractivity contribution in [1.29, 1.82) is 0 Å². The van der Waals surface area contributed by atoms with Crippen LogP contribution in [-0.4, -0.2) is 35.3 Å². The summed E-state index contributed by atoms with van der Waals surface area (Å²) >= 11 is 0. The number of fused-ring (bicyclic) bond motifs is 5. The SMILES string of the molecule is [2H]C([2H])([2H])n1c(-n2c3ccc(C(C)(C)C)cc3c3ccc(Oc4cc(-c5c(C(C)(C)C)cc(C(C)(C)C)cc5C(C)(C)C)cc(N5CN(c6c(/C7=C/C=C\N/C=C\C=C/[B]7)cccc6/C6=C/C=C\N/C=C\C=C/[B]6)c6ccccc65)c4)cc32)nc2ccccc21. The van der Waals surface area contributed by atoms with Gasteiger partial charge >= 0.3 is 0 Å². The van der Waals surface area contributed by atoms with Crippen molar-refractivity contribution in [2.45, 2.75) is 105 Å². The molecule has 2 aromatic heterocycles. The van der Waals surface area contributed by atoms with E-state index in [1.165, 1.54) is 32.4 Å². The van der Waals surface area contributed by atoms with E-state index in [2.05, 4.69) is 257 Å². The largest absolute Gasteiger partial charge is 0.457 e. The maximum absolute atomic E-state index is 8.93. The van der Waals surface area contributed by atoms with Crippen LogP contribution in [0.5, 0.6) is 11.5 Å². The van der Waals surface area contributed by atoms with E-state index in [0.717, 1.165) is 72.2 Å². The Kier molecular flexibility index (Phi) is 14.4. The summed E-state index contributed by atoms with van der Waals surface area (Å²) in [6.07, 6.45) is 24.3. The molecule has 0 saturated heterocycles. The lowest BCUT2D eigenvalue weighted by Crippen LogP contribution is -2.26. The Balaban J connectivity index is 1.09. The van der Waals surface area contributed by atoms with Gasteiger partial charge in [-0.05, 0) is 151 Å². The predicted octanol–water partition coefficient (Wildman–Crippen LogP) is 18.9. The van der Waals surface area contributed by atoms with Gasteiger partial charge in [0.2, 0.25) is 5.95 Å². The number of rotatable bonds is 8. The molecule has 2 N–H and O–H groups in total. The standard InChI is InChI=1S/C77H79B2N7O/c1-74(2,3)52-33-36-66-60(45-52)57-35-34-55(49-70(57)86(66)73-82-65-29-14-15-30-67(65)83(73)13)87-56-44-51(71-61(76(7,8)9)46-53(75(4,5)6)47-62(71)77(10,11)12)43-54(48-56)84-50-85(69-32-17-16-31-68(69)84)72-58(63-27-23-41-80-39-20-18-37-78-63)25-22-26-59(72)64-28-24-42-81-40-21-19-38-79-64/h14-49,80-81H,50H2,1-13H3/b37-18-,38-19-,39-20-,40-21-,41-23-,42-24-,63-27-,64-28-/i13D3. The molecule has 12 rings (SSSR count). The number of nitrogens with zero attached hydrogens (tertiary/aromatic N) is 5. The van der Waals surface area contributed by atoms with Crippen LogP contribution in [0.3, 0.4) is 0 Å². The normalized spacial score (nSPS) is 18.9. The van der Waals surface area contributed by atoms with E-state index in [9.17, 15) is 0 Å². The number of allylic oxidation sites excluding steroid dienone is 8. The van der Waals surface area contributed by atoms with Crippen LogP contribution in [0.15, 0.2) is 219 Å². The van der Waals surface area contributed by atoms with Gasteiger partial charge in [-0.2, -0.15) is 0 Å². The molecular formula is C77H79B2N7O. The van der Waals surface area contributed by atoms with Gasteiger partial charge in [-0.25, -0.2) is 4.98 Å². The van der Waals surface area contributed by atoms with Crippen LogP contribution in [0.2, 0.25) is 0 Å². The first-order valence-electron chi connectivity index (χ1n) is 31.8. The van der Waals surface area contributed by atoms with E-state index in [4.69, 9.17) is 13.8 Å². The molecular weight excluding hydrogens is 1060 g/mol. The first-order valence-corrected chi connectivity index (χ1v) is 30.3. The van der Waals surface area contributed by atoms with Gasteiger partial charge in [0, 0.05) is 64.5 Å². The third-order valence-electron chi connectivity index (χ3n) is 16.7. The highest BCUT2D eigenvalue weighted by molar-refractivity contribution is 6.67. The molecule has 434 valence electrons. The van der Waals surface area contributed by atoms with Crippen molar-refractivity contribution in [3.8, 4) is 28.6 Å². The van der Waals surface area contributed by atoms with Crippen molar-refractivity contribution in [2.75, 3.05) is 16.5 Å². The zero-order valence-electron chi connectivity index (χ0n) is 55.3. The molecule has 10 heteroatoms. The number of anilines is 4. The Hall–Kier alpha value is -9.14. The van der Waals surface area contributed by atoms with Crippen molar-refractivity contribution in [3.05, 3.63) is 252 Å². The van der Waals surface area contributed by atoms with Gasteiger partial charge in [-0.3, -0.25) is 4.57 Å². The topological polar surface area (TPSA) is 62.5 Å². The second kappa shape index (κ2) is 22.9. The summed E-state index contributed by atoms with van der Waals surface area (Å²) in [6, 6.07) is 47.2. The molecule has 87 heavy (non-hydrogen) atoms. The Morgan fingerprint density at radius 1 is 0.506 bits per heavy atom. The van der Waals surface area contributed by atoms with Crippen LogP contribution < -0.4 is 25.2 Å². The molecule has 0 fully saturated rings. The number of hydrogen-bond donors (Lipinski definition) is 2. The number of hydrogen-bond acceptors (Lipinski definition) is 6. The van der Waals surface area contributed by atoms with Crippen LogP contribution in [0.4, 0.5) is 22.7 Å².